The fourth-order valence-corrected chi connectivity index (χ4v) is 6.90. The van der Waals surface area contributed by atoms with Gasteiger partial charge in [-0.15, -0.1) is 0 Å². The maximum Gasteiger partial charge on any atom is 0.256 e. The van der Waals surface area contributed by atoms with Crippen LogP contribution in [0.3, 0.4) is 0 Å². The second-order valence-electron chi connectivity index (χ2n) is 10.1. The van der Waals surface area contributed by atoms with Crippen molar-refractivity contribution in [3.63, 3.8) is 0 Å². The van der Waals surface area contributed by atoms with E-state index in [0.29, 0.717) is 40.2 Å². The van der Waals surface area contributed by atoms with Gasteiger partial charge in [-0.3, -0.25) is 9.59 Å². The molecule has 2 amide bonds. The summed E-state index contributed by atoms with van der Waals surface area (Å²) < 4.78 is 3.56. The van der Waals surface area contributed by atoms with Crippen molar-refractivity contribution in [1.29, 1.82) is 0 Å². The molecule has 5 fully saturated rings. The van der Waals surface area contributed by atoms with Gasteiger partial charge < -0.3 is 10.6 Å². The van der Waals surface area contributed by atoms with E-state index < -0.39 is 0 Å². The largest absolute Gasteiger partial charge is 0.351 e. The number of carbonyl (C=O) groups excluding carboxylic acids is 2. The van der Waals surface area contributed by atoms with Gasteiger partial charge in [0.2, 0.25) is 5.91 Å². The van der Waals surface area contributed by atoms with E-state index in [1.807, 2.05) is 4.68 Å². The molecule has 2 aromatic rings. The van der Waals surface area contributed by atoms with Crippen molar-refractivity contribution < 1.29 is 9.59 Å². The van der Waals surface area contributed by atoms with E-state index >= 15 is 0 Å². The normalized spacial score (nSPS) is 33.5. The molecule has 3 unspecified atom stereocenters. The predicted octanol–water partition coefficient (Wildman–Crippen LogP) is 2.87. The number of rotatable bonds is 5. The first-order chi connectivity index (χ1) is 14.9. The first-order valence-corrected chi connectivity index (χ1v) is 11.7. The second kappa shape index (κ2) is 6.82. The van der Waals surface area contributed by atoms with Gasteiger partial charge in [0.1, 0.15) is 5.56 Å². The third-order valence-corrected chi connectivity index (χ3v) is 7.88. The quantitative estimate of drug-likeness (QED) is 0.744. The Morgan fingerprint density at radius 3 is 2.48 bits per heavy atom. The topological polar surface area (TPSA) is 93.8 Å². The summed E-state index contributed by atoms with van der Waals surface area (Å²) in [6, 6.07) is 0.461. The number of nitrogens with one attached hydrogen (secondary N) is 2. The minimum atomic E-state index is -0.0976. The fourth-order valence-electron chi connectivity index (χ4n) is 6.76. The first-order valence-electron chi connectivity index (χ1n) is 11.3. The van der Waals surface area contributed by atoms with E-state index in [2.05, 4.69) is 20.8 Å². The second-order valence-corrected chi connectivity index (χ2v) is 10.5. The van der Waals surface area contributed by atoms with Crippen LogP contribution in [0.4, 0.5) is 0 Å². The highest BCUT2D eigenvalue weighted by Crippen LogP contribution is 2.55. The van der Waals surface area contributed by atoms with Crippen LogP contribution in [0, 0.1) is 17.8 Å². The summed E-state index contributed by atoms with van der Waals surface area (Å²) in [6.07, 6.45) is 12.3. The molecule has 0 spiro atoms. The zero-order chi connectivity index (χ0) is 21.3. The van der Waals surface area contributed by atoms with Crippen molar-refractivity contribution in [3.05, 3.63) is 29.2 Å². The summed E-state index contributed by atoms with van der Waals surface area (Å²) in [6.45, 7) is 1.61. The van der Waals surface area contributed by atoms with Crippen LogP contribution in [0.5, 0.6) is 0 Å². The van der Waals surface area contributed by atoms with Gasteiger partial charge in [-0.2, -0.15) is 10.2 Å². The van der Waals surface area contributed by atoms with Crippen molar-refractivity contribution in [2.75, 3.05) is 0 Å². The van der Waals surface area contributed by atoms with Gasteiger partial charge >= 0.3 is 0 Å². The average molecular weight is 443 g/mol. The molecule has 2 N–H and O–H groups in total. The van der Waals surface area contributed by atoms with Crippen molar-refractivity contribution >= 4 is 23.4 Å². The molecule has 5 saturated carbocycles. The number of hydrogen-bond donors (Lipinski definition) is 2. The van der Waals surface area contributed by atoms with E-state index in [4.69, 9.17) is 11.6 Å². The summed E-state index contributed by atoms with van der Waals surface area (Å²) in [5.74, 6) is 2.10. The predicted molar refractivity (Wildman–Crippen MR) is 114 cm³/mol. The summed E-state index contributed by atoms with van der Waals surface area (Å²) >= 11 is 6.10. The highest BCUT2D eigenvalue weighted by Gasteiger charge is 2.56. The molecule has 8 nitrogen and oxygen atoms in total. The molecule has 164 valence electrons. The van der Waals surface area contributed by atoms with Crippen LogP contribution >= 0.6 is 11.6 Å². The molecule has 0 radical (unpaired) electrons. The van der Waals surface area contributed by atoms with Crippen LogP contribution in [-0.2, 0) is 4.79 Å². The van der Waals surface area contributed by atoms with E-state index in [1.54, 1.807) is 30.2 Å². The summed E-state index contributed by atoms with van der Waals surface area (Å²) in [5.41, 5.74) is 0.467. The molecule has 2 heterocycles. The molecule has 0 aliphatic heterocycles. The van der Waals surface area contributed by atoms with Gasteiger partial charge in [0.25, 0.3) is 5.91 Å². The third kappa shape index (κ3) is 3.26. The Hall–Kier alpha value is -2.35. The molecular weight excluding hydrogens is 416 g/mol. The monoisotopic (exact) mass is 442 g/mol. The van der Waals surface area contributed by atoms with Crippen molar-refractivity contribution in [2.24, 2.45) is 17.8 Å². The zero-order valence-corrected chi connectivity index (χ0v) is 18.3. The Kier molecular flexibility index (Phi) is 4.26. The van der Waals surface area contributed by atoms with Crippen molar-refractivity contribution in [3.8, 4) is 5.82 Å². The summed E-state index contributed by atoms with van der Waals surface area (Å²) in [7, 11) is 0. The molecule has 7 rings (SSSR count). The average Bonchev–Trinajstić information content (AvgIpc) is 3.29. The Morgan fingerprint density at radius 2 is 1.87 bits per heavy atom. The van der Waals surface area contributed by atoms with Crippen molar-refractivity contribution in [2.45, 2.75) is 69.5 Å². The van der Waals surface area contributed by atoms with Crippen LogP contribution in [0.1, 0.15) is 68.3 Å². The van der Waals surface area contributed by atoms with Crippen LogP contribution in [0.15, 0.2) is 18.6 Å². The highest BCUT2D eigenvalue weighted by molar-refractivity contribution is 6.30. The molecule has 0 aromatic carbocycles. The number of aromatic nitrogens is 4. The van der Waals surface area contributed by atoms with E-state index in [-0.39, 0.29) is 23.4 Å². The Bertz CT molecular complexity index is 1040. The summed E-state index contributed by atoms with van der Waals surface area (Å²) in [5, 5.41) is 16.0. The molecule has 4 bridgehead atoms. The molecule has 2 aromatic heterocycles. The van der Waals surface area contributed by atoms with Gasteiger partial charge in [0.15, 0.2) is 5.82 Å². The number of amides is 2. The van der Waals surface area contributed by atoms with Gasteiger partial charge in [0, 0.05) is 18.5 Å². The number of halogens is 1. The maximum absolute atomic E-state index is 13.4. The Labute approximate surface area is 185 Å². The van der Waals surface area contributed by atoms with Crippen LogP contribution in [0.25, 0.3) is 5.82 Å². The molecule has 9 heteroatoms. The van der Waals surface area contributed by atoms with Gasteiger partial charge in [-0.1, -0.05) is 11.6 Å². The summed E-state index contributed by atoms with van der Waals surface area (Å²) in [4.78, 5) is 25.2. The van der Waals surface area contributed by atoms with Crippen molar-refractivity contribution in [1.82, 2.24) is 30.2 Å². The highest BCUT2D eigenvalue weighted by atomic mass is 35.5. The SMILES string of the molecule is CC(=O)NC12CC3C[C@H](C1)C(NC(=O)c1cnn(C4CC4)c1-n1cc(Cl)cn1)[C@@H](C3)C2. The molecule has 5 aliphatic carbocycles. The third-order valence-electron chi connectivity index (χ3n) is 7.69. The molecule has 31 heavy (non-hydrogen) atoms. The minimum absolute atomic E-state index is 0.0533. The minimum Gasteiger partial charge on any atom is -0.351 e. The standard InChI is InChI=1S/C22H27ClN6O2/c1-12(30)27-22-6-13-4-14(7-22)19(15(5-13)8-22)26-20(31)18-10-25-29(17-2-3-17)21(18)28-11-16(23)9-24-28/h9-11,13-15,17,19H,2-8H2,1H3,(H,26,31)(H,27,30)/t13?,14-,15+,19?,22?. The lowest BCUT2D eigenvalue weighted by Gasteiger charge is -2.60. The number of nitrogens with zero attached hydrogens (tertiary/aromatic N) is 4. The number of carbonyl (C=O) groups is 2. The molecular formula is C22H27ClN6O2. The Morgan fingerprint density at radius 1 is 1.13 bits per heavy atom. The van der Waals surface area contributed by atoms with E-state index in [1.165, 1.54) is 0 Å². The van der Waals surface area contributed by atoms with Gasteiger partial charge in [-0.05, 0) is 62.7 Å². The van der Waals surface area contributed by atoms with Crippen LogP contribution in [-0.4, -0.2) is 43.0 Å². The molecule has 5 atom stereocenters. The van der Waals surface area contributed by atoms with E-state index in [0.717, 1.165) is 44.9 Å². The van der Waals surface area contributed by atoms with Gasteiger partial charge in [0.05, 0.1) is 29.7 Å². The van der Waals surface area contributed by atoms with Gasteiger partial charge in [-0.25, -0.2) is 9.36 Å². The lowest BCUT2D eigenvalue weighted by Crippen LogP contribution is -2.66. The smallest absolute Gasteiger partial charge is 0.256 e. The first kappa shape index (κ1) is 19.3. The number of hydrogen-bond acceptors (Lipinski definition) is 4. The lowest BCUT2D eigenvalue weighted by molar-refractivity contribution is -0.125. The lowest BCUT2D eigenvalue weighted by atomic mass is 9.51. The fraction of sp³-hybridized carbons (Fsp3) is 0.636. The Balaban J connectivity index is 1.26. The van der Waals surface area contributed by atoms with Crippen LogP contribution < -0.4 is 10.6 Å². The van der Waals surface area contributed by atoms with Crippen LogP contribution in [0.2, 0.25) is 5.02 Å². The maximum atomic E-state index is 13.4. The molecule has 5 aliphatic rings. The zero-order valence-electron chi connectivity index (χ0n) is 17.6. The van der Waals surface area contributed by atoms with E-state index in [9.17, 15) is 9.59 Å². The molecule has 0 saturated heterocycles.